The van der Waals surface area contributed by atoms with E-state index in [1.54, 1.807) is 36.3 Å². The lowest BCUT2D eigenvalue weighted by Gasteiger charge is -2.36. The zero-order valence-corrected chi connectivity index (χ0v) is 22.6. The highest BCUT2D eigenvalue weighted by molar-refractivity contribution is 6.24. The van der Waals surface area contributed by atoms with Gasteiger partial charge in [-0.1, -0.05) is 42.5 Å². The van der Waals surface area contributed by atoms with E-state index >= 15 is 0 Å². The van der Waals surface area contributed by atoms with Gasteiger partial charge in [-0.25, -0.2) is 9.69 Å². The topological polar surface area (TPSA) is 104 Å². The number of hydrogen-bond donors (Lipinski definition) is 2. The van der Waals surface area contributed by atoms with Crippen LogP contribution >= 0.6 is 0 Å². The first-order valence-corrected chi connectivity index (χ1v) is 13.9. The number of amides is 4. The van der Waals surface area contributed by atoms with Gasteiger partial charge >= 0.3 is 6.03 Å². The molecule has 4 amide bonds. The molecule has 208 valence electrons. The summed E-state index contributed by atoms with van der Waals surface area (Å²) < 4.78 is 11.1. The predicted octanol–water partition coefficient (Wildman–Crippen LogP) is 4.57. The lowest BCUT2D eigenvalue weighted by Crippen LogP contribution is -2.44. The highest BCUT2D eigenvalue weighted by Crippen LogP contribution is 2.45. The first-order chi connectivity index (χ1) is 20.0. The zero-order chi connectivity index (χ0) is 28.1. The smallest absolute Gasteiger partial charge is 0.332 e. The number of carbonyl (C=O) groups is 3. The minimum Gasteiger partial charge on any atom is -0.497 e. The molecule has 4 heterocycles. The van der Waals surface area contributed by atoms with Crippen molar-refractivity contribution in [2.24, 2.45) is 0 Å². The van der Waals surface area contributed by atoms with Crippen LogP contribution in [0.4, 0.5) is 10.5 Å². The number of benzene rings is 3. The number of anilines is 1. The van der Waals surface area contributed by atoms with Crippen LogP contribution in [0.3, 0.4) is 0 Å². The Morgan fingerprint density at radius 3 is 2.73 bits per heavy atom. The van der Waals surface area contributed by atoms with Gasteiger partial charge in [0.05, 0.1) is 24.5 Å². The van der Waals surface area contributed by atoms with E-state index < -0.39 is 18.1 Å². The first kappa shape index (κ1) is 25.3. The van der Waals surface area contributed by atoms with Crippen LogP contribution in [0.1, 0.15) is 46.1 Å². The minimum atomic E-state index is -0.728. The van der Waals surface area contributed by atoms with Gasteiger partial charge in [0.2, 0.25) is 0 Å². The number of methoxy groups -OCH3 is 1. The molecule has 0 saturated carbocycles. The van der Waals surface area contributed by atoms with Crippen molar-refractivity contribution < 1.29 is 23.9 Å². The fourth-order valence-electron chi connectivity index (χ4n) is 6.42. The van der Waals surface area contributed by atoms with E-state index in [1.807, 2.05) is 48.5 Å². The van der Waals surface area contributed by atoms with E-state index in [-0.39, 0.29) is 29.2 Å². The van der Waals surface area contributed by atoms with Gasteiger partial charge in [0.15, 0.2) is 0 Å². The summed E-state index contributed by atoms with van der Waals surface area (Å²) in [4.78, 5) is 48.1. The van der Waals surface area contributed by atoms with Crippen LogP contribution in [0.25, 0.3) is 10.9 Å². The van der Waals surface area contributed by atoms with E-state index in [4.69, 9.17) is 9.47 Å². The number of H-pyrrole nitrogens is 1. The minimum absolute atomic E-state index is 0.0254. The number of nitrogens with one attached hydrogen (secondary N) is 2. The molecule has 3 aromatic carbocycles. The third kappa shape index (κ3) is 4.15. The van der Waals surface area contributed by atoms with Crippen LogP contribution in [0, 0.1) is 0 Å². The van der Waals surface area contributed by atoms with E-state index in [1.165, 1.54) is 4.90 Å². The Bertz CT molecular complexity index is 1670. The second-order valence-corrected chi connectivity index (χ2v) is 10.7. The number of hydrogen-bond acceptors (Lipinski definition) is 5. The van der Waals surface area contributed by atoms with Gasteiger partial charge in [-0.3, -0.25) is 14.5 Å². The zero-order valence-electron chi connectivity index (χ0n) is 22.6. The molecule has 0 bridgehead atoms. The van der Waals surface area contributed by atoms with Gasteiger partial charge in [0, 0.05) is 36.2 Å². The number of rotatable bonds is 6. The van der Waals surface area contributed by atoms with E-state index in [9.17, 15) is 14.4 Å². The maximum atomic E-state index is 14.3. The Morgan fingerprint density at radius 2 is 1.90 bits per heavy atom. The summed E-state index contributed by atoms with van der Waals surface area (Å²) in [6.07, 6.45) is 2.20. The molecule has 2 unspecified atom stereocenters. The highest BCUT2D eigenvalue weighted by Gasteiger charge is 2.53. The van der Waals surface area contributed by atoms with Crippen LogP contribution in [0.2, 0.25) is 0 Å². The second-order valence-electron chi connectivity index (χ2n) is 10.7. The Balaban J connectivity index is 1.29. The van der Waals surface area contributed by atoms with Crippen molar-refractivity contribution in [3.8, 4) is 5.75 Å². The predicted molar refractivity (Wildman–Crippen MR) is 153 cm³/mol. The molecule has 9 nitrogen and oxygen atoms in total. The fraction of sp³-hybridized carbons (Fsp3) is 0.281. The Labute approximate surface area is 237 Å². The third-order valence-corrected chi connectivity index (χ3v) is 8.36. The molecule has 4 aromatic rings. The SMILES string of the molecule is COc1cccc(C2c3[nH]c4ccccc4c3C[C@H]3C(=O)N(c4ccccc4C(=O)NCC4CCCO4)C(=O)N23)c1. The number of imide groups is 1. The number of aromatic amines is 1. The second kappa shape index (κ2) is 10.1. The Morgan fingerprint density at radius 1 is 1.07 bits per heavy atom. The molecule has 0 aliphatic carbocycles. The Kier molecular flexibility index (Phi) is 6.23. The normalized spacial score (nSPS) is 21.7. The number of para-hydroxylation sites is 2. The number of ether oxygens (including phenoxy) is 2. The molecule has 2 N–H and O–H groups in total. The summed E-state index contributed by atoms with van der Waals surface area (Å²) in [5, 5.41) is 3.96. The summed E-state index contributed by atoms with van der Waals surface area (Å²) in [7, 11) is 1.60. The quantitative estimate of drug-likeness (QED) is 0.343. The summed E-state index contributed by atoms with van der Waals surface area (Å²) in [5.41, 5.74) is 4.22. The summed E-state index contributed by atoms with van der Waals surface area (Å²) in [5.74, 6) is -0.0364. The van der Waals surface area contributed by atoms with Crippen LogP contribution in [-0.2, 0) is 16.0 Å². The number of nitrogens with zero attached hydrogens (tertiary/aromatic N) is 2. The third-order valence-electron chi connectivity index (χ3n) is 8.36. The van der Waals surface area contributed by atoms with Crippen LogP contribution in [0.15, 0.2) is 72.8 Å². The molecule has 2 saturated heterocycles. The van der Waals surface area contributed by atoms with Crippen LogP contribution in [0.5, 0.6) is 5.75 Å². The molecule has 0 radical (unpaired) electrons. The van der Waals surface area contributed by atoms with Crippen molar-refractivity contribution in [1.82, 2.24) is 15.2 Å². The molecule has 3 aliphatic rings. The van der Waals surface area contributed by atoms with Crippen molar-refractivity contribution in [3.05, 3.63) is 95.2 Å². The van der Waals surface area contributed by atoms with Crippen molar-refractivity contribution in [1.29, 1.82) is 0 Å². The molecule has 41 heavy (non-hydrogen) atoms. The van der Waals surface area contributed by atoms with Crippen LogP contribution < -0.4 is 15.0 Å². The van der Waals surface area contributed by atoms with Gasteiger partial charge in [-0.05, 0) is 54.3 Å². The summed E-state index contributed by atoms with van der Waals surface area (Å²) in [6, 6.07) is 20.6. The Hall–Kier alpha value is -4.63. The first-order valence-electron chi connectivity index (χ1n) is 13.9. The monoisotopic (exact) mass is 550 g/mol. The van der Waals surface area contributed by atoms with Gasteiger partial charge in [-0.15, -0.1) is 0 Å². The largest absolute Gasteiger partial charge is 0.497 e. The summed E-state index contributed by atoms with van der Waals surface area (Å²) in [6.45, 7) is 1.07. The number of carbonyl (C=O) groups excluding carboxylic acids is 3. The average molecular weight is 551 g/mol. The van der Waals surface area contributed by atoms with Crippen molar-refractivity contribution in [2.75, 3.05) is 25.2 Å². The molecular formula is C32H30N4O5. The van der Waals surface area contributed by atoms with E-state index in [0.717, 1.165) is 40.6 Å². The number of aromatic nitrogens is 1. The van der Waals surface area contributed by atoms with Gasteiger partial charge < -0.3 is 19.8 Å². The number of fused-ring (bicyclic) bond motifs is 4. The van der Waals surface area contributed by atoms with Gasteiger partial charge in [0.1, 0.15) is 17.8 Å². The molecule has 0 spiro atoms. The van der Waals surface area contributed by atoms with Crippen LogP contribution in [-0.4, -0.2) is 60.1 Å². The molecule has 1 aromatic heterocycles. The van der Waals surface area contributed by atoms with E-state index in [2.05, 4.69) is 10.3 Å². The average Bonchev–Trinajstić information content (AvgIpc) is 3.72. The molecule has 3 atom stereocenters. The lowest BCUT2D eigenvalue weighted by molar-refractivity contribution is -0.120. The number of urea groups is 1. The maximum absolute atomic E-state index is 14.3. The lowest BCUT2D eigenvalue weighted by atomic mass is 9.89. The molecule has 9 heteroatoms. The summed E-state index contributed by atoms with van der Waals surface area (Å²) >= 11 is 0. The molecule has 2 fully saturated rings. The van der Waals surface area contributed by atoms with E-state index in [0.29, 0.717) is 25.3 Å². The molecule has 7 rings (SSSR count). The highest BCUT2D eigenvalue weighted by atomic mass is 16.5. The standard InChI is InChI=1S/C32H30N4O5/c1-40-20-9-6-8-19(16-20)29-28-24(22-11-2-4-13-25(22)34-28)17-27-31(38)36(32(39)35(27)29)26-14-5-3-12-23(26)30(37)33-18-21-10-7-15-41-21/h2-6,8-9,11-14,16,21,27,29,34H,7,10,15,17-18H2,1H3,(H,33,37)/t21?,27-,29?/m0/s1. The molecular weight excluding hydrogens is 520 g/mol. The van der Waals surface area contributed by atoms with Crippen molar-refractivity contribution in [3.63, 3.8) is 0 Å². The van der Waals surface area contributed by atoms with Gasteiger partial charge in [0.25, 0.3) is 11.8 Å². The maximum Gasteiger partial charge on any atom is 0.332 e. The van der Waals surface area contributed by atoms with Gasteiger partial charge in [-0.2, -0.15) is 0 Å². The van der Waals surface area contributed by atoms with Crippen molar-refractivity contribution in [2.45, 2.75) is 37.5 Å². The fourth-order valence-corrected chi connectivity index (χ4v) is 6.42. The molecule has 3 aliphatic heterocycles. The van der Waals surface area contributed by atoms with Crippen molar-refractivity contribution >= 4 is 34.4 Å².